The lowest BCUT2D eigenvalue weighted by atomic mass is 9.80. The van der Waals surface area contributed by atoms with Crippen LogP contribution >= 0.6 is 0 Å². The molecule has 0 bridgehead atoms. The lowest BCUT2D eigenvalue weighted by Gasteiger charge is -2.30. The number of nitrogens with one attached hydrogen (secondary N) is 1. The van der Waals surface area contributed by atoms with Gasteiger partial charge in [0.2, 0.25) is 0 Å². The van der Waals surface area contributed by atoms with E-state index in [0.717, 1.165) is 24.1 Å². The molecule has 20 heavy (non-hydrogen) atoms. The fourth-order valence-corrected chi connectivity index (χ4v) is 2.87. The first-order valence-electron chi connectivity index (χ1n) is 7.39. The van der Waals surface area contributed by atoms with Gasteiger partial charge in [0.15, 0.2) is 0 Å². The van der Waals surface area contributed by atoms with Crippen molar-refractivity contribution in [3.8, 4) is 0 Å². The normalized spacial score (nSPS) is 22.3. The molecule has 2 rings (SSSR count). The van der Waals surface area contributed by atoms with Gasteiger partial charge in [-0.1, -0.05) is 25.0 Å². The summed E-state index contributed by atoms with van der Waals surface area (Å²) in [5.74, 6) is 0.910. The zero-order valence-corrected chi connectivity index (χ0v) is 12.1. The third-order valence-corrected chi connectivity index (χ3v) is 4.06. The number of nitrogens with two attached hydrogens (primary N) is 1. The molecular weight excluding hydrogens is 252 g/mol. The van der Waals surface area contributed by atoms with E-state index in [0.29, 0.717) is 25.0 Å². The van der Waals surface area contributed by atoms with Gasteiger partial charge < -0.3 is 10.5 Å². The smallest absolute Gasteiger partial charge is 0.411 e. The summed E-state index contributed by atoms with van der Waals surface area (Å²) in [6.07, 6.45) is 4.35. The Balaban J connectivity index is 1.79. The molecule has 1 aromatic rings. The van der Waals surface area contributed by atoms with E-state index in [1.54, 1.807) is 0 Å². The van der Waals surface area contributed by atoms with Gasteiger partial charge in [-0.15, -0.1) is 0 Å². The van der Waals surface area contributed by atoms with Crippen LogP contribution in [0.4, 0.5) is 10.5 Å². The largest absolute Gasteiger partial charge is 0.449 e. The van der Waals surface area contributed by atoms with Crippen LogP contribution in [0, 0.1) is 18.8 Å². The maximum absolute atomic E-state index is 11.8. The Morgan fingerprint density at radius 2 is 2.10 bits per heavy atom. The summed E-state index contributed by atoms with van der Waals surface area (Å²) in [5, 5.41) is 2.76. The summed E-state index contributed by atoms with van der Waals surface area (Å²) in [6.45, 7) is 3.15. The van der Waals surface area contributed by atoms with Gasteiger partial charge in [-0.25, -0.2) is 4.79 Å². The van der Waals surface area contributed by atoms with E-state index in [1.165, 1.54) is 12.8 Å². The first kappa shape index (κ1) is 14.9. The van der Waals surface area contributed by atoms with Crippen LogP contribution in [0.5, 0.6) is 0 Å². The molecule has 4 nitrogen and oxygen atoms in total. The number of ether oxygens (including phenoxy) is 1. The Hall–Kier alpha value is -1.55. The maximum Gasteiger partial charge on any atom is 0.411 e. The Labute approximate surface area is 120 Å². The van der Waals surface area contributed by atoms with Crippen molar-refractivity contribution in [2.24, 2.45) is 17.6 Å². The number of carbonyl (C=O) groups excluding carboxylic acids is 1. The average molecular weight is 276 g/mol. The maximum atomic E-state index is 11.8. The second kappa shape index (κ2) is 7.29. The van der Waals surface area contributed by atoms with Crippen LogP contribution in [0.1, 0.15) is 31.2 Å². The minimum absolute atomic E-state index is 0.378. The average Bonchev–Trinajstić information content (AvgIpc) is 2.45. The van der Waals surface area contributed by atoms with E-state index in [-0.39, 0.29) is 6.09 Å². The summed E-state index contributed by atoms with van der Waals surface area (Å²) >= 11 is 0. The highest BCUT2D eigenvalue weighted by Crippen LogP contribution is 2.29. The highest BCUT2D eigenvalue weighted by atomic mass is 16.5. The van der Waals surface area contributed by atoms with Gasteiger partial charge in [0.05, 0.1) is 6.61 Å². The summed E-state index contributed by atoms with van der Waals surface area (Å²) in [5.41, 5.74) is 7.67. The third kappa shape index (κ3) is 4.23. The minimum atomic E-state index is -0.378. The van der Waals surface area contributed by atoms with Gasteiger partial charge >= 0.3 is 6.09 Å². The summed E-state index contributed by atoms with van der Waals surface area (Å²) in [6, 6.07) is 7.68. The molecule has 0 heterocycles. The number of benzene rings is 1. The fourth-order valence-electron chi connectivity index (χ4n) is 2.87. The summed E-state index contributed by atoms with van der Waals surface area (Å²) in [4.78, 5) is 11.8. The molecule has 0 radical (unpaired) electrons. The van der Waals surface area contributed by atoms with Gasteiger partial charge in [0.25, 0.3) is 0 Å². The predicted molar refractivity (Wildman–Crippen MR) is 80.7 cm³/mol. The van der Waals surface area contributed by atoms with Crippen molar-refractivity contribution in [1.82, 2.24) is 0 Å². The number of rotatable bonds is 4. The first-order chi connectivity index (χ1) is 9.69. The Morgan fingerprint density at radius 1 is 1.35 bits per heavy atom. The van der Waals surface area contributed by atoms with Crippen LogP contribution < -0.4 is 11.1 Å². The van der Waals surface area contributed by atoms with Crippen molar-refractivity contribution in [2.75, 3.05) is 18.5 Å². The molecule has 2 atom stereocenters. The SMILES string of the molecule is Cc1cccc(NC(=O)OCC2CCCCC2CN)c1. The van der Waals surface area contributed by atoms with Crippen LogP contribution in [0.2, 0.25) is 0 Å². The number of hydrogen-bond acceptors (Lipinski definition) is 3. The fraction of sp³-hybridized carbons (Fsp3) is 0.562. The highest BCUT2D eigenvalue weighted by molar-refractivity contribution is 5.84. The van der Waals surface area contributed by atoms with E-state index >= 15 is 0 Å². The standard InChI is InChI=1S/C16H24N2O2/c1-12-5-4-8-15(9-12)18-16(19)20-11-14-7-3-2-6-13(14)10-17/h4-5,8-9,13-14H,2-3,6-7,10-11,17H2,1H3,(H,18,19). The summed E-state index contributed by atoms with van der Waals surface area (Å²) in [7, 11) is 0. The zero-order chi connectivity index (χ0) is 14.4. The van der Waals surface area contributed by atoms with Crippen LogP contribution in [-0.4, -0.2) is 19.2 Å². The Bertz CT molecular complexity index is 448. The van der Waals surface area contributed by atoms with Crippen LogP contribution in [0.15, 0.2) is 24.3 Å². The van der Waals surface area contributed by atoms with Crippen molar-refractivity contribution in [3.63, 3.8) is 0 Å². The molecule has 1 fully saturated rings. The molecule has 2 unspecified atom stereocenters. The molecule has 0 aliphatic heterocycles. The first-order valence-corrected chi connectivity index (χ1v) is 7.39. The summed E-state index contributed by atoms with van der Waals surface area (Å²) < 4.78 is 5.35. The quantitative estimate of drug-likeness (QED) is 0.886. The number of anilines is 1. The second-order valence-corrected chi connectivity index (χ2v) is 5.63. The number of amides is 1. The molecule has 0 spiro atoms. The molecule has 0 aromatic heterocycles. The number of hydrogen-bond donors (Lipinski definition) is 2. The van der Waals surface area contributed by atoms with Crippen LogP contribution in [0.25, 0.3) is 0 Å². The van der Waals surface area contributed by atoms with E-state index < -0.39 is 0 Å². The lowest BCUT2D eigenvalue weighted by molar-refractivity contribution is 0.104. The van der Waals surface area contributed by atoms with Crippen molar-refractivity contribution in [1.29, 1.82) is 0 Å². The molecule has 3 N–H and O–H groups in total. The molecule has 4 heteroatoms. The van der Waals surface area contributed by atoms with Crippen LogP contribution in [-0.2, 0) is 4.74 Å². The molecule has 1 aliphatic rings. The molecule has 1 amide bonds. The molecule has 1 aliphatic carbocycles. The lowest BCUT2D eigenvalue weighted by Crippen LogP contribution is -2.31. The molecule has 1 aromatic carbocycles. The molecule has 0 saturated heterocycles. The highest BCUT2D eigenvalue weighted by Gasteiger charge is 2.25. The Kier molecular flexibility index (Phi) is 5.41. The number of carbonyl (C=O) groups is 1. The van der Waals surface area contributed by atoms with Gasteiger partial charge in [-0.05, 0) is 55.8 Å². The predicted octanol–water partition coefficient (Wildman–Crippen LogP) is 3.31. The van der Waals surface area contributed by atoms with Crippen molar-refractivity contribution in [3.05, 3.63) is 29.8 Å². The molecule has 1 saturated carbocycles. The van der Waals surface area contributed by atoms with E-state index in [2.05, 4.69) is 5.32 Å². The van der Waals surface area contributed by atoms with Gasteiger partial charge in [0.1, 0.15) is 0 Å². The van der Waals surface area contributed by atoms with E-state index in [4.69, 9.17) is 10.5 Å². The number of aryl methyl sites for hydroxylation is 1. The monoisotopic (exact) mass is 276 g/mol. The topological polar surface area (TPSA) is 64.3 Å². The van der Waals surface area contributed by atoms with Gasteiger partial charge in [-0.2, -0.15) is 0 Å². The van der Waals surface area contributed by atoms with Gasteiger partial charge in [-0.3, -0.25) is 5.32 Å². The van der Waals surface area contributed by atoms with Crippen molar-refractivity contribution in [2.45, 2.75) is 32.6 Å². The minimum Gasteiger partial charge on any atom is -0.449 e. The van der Waals surface area contributed by atoms with Gasteiger partial charge in [0, 0.05) is 5.69 Å². The van der Waals surface area contributed by atoms with E-state index in [1.807, 2.05) is 31.2 Å². The van der Waals surface area contributed by atoms with Crippen molar-refractivity contribution < 1.29 is 9.53 Å². The van der Waals surface area contributed by atoms with Crippen LogP contribution in [0.3, 0.4) is 0 Å². The van der Waals surface area contributed by atoms with Crippen molar-refractivity contribution >= 4 is 11.8 Å². The second-order valence-electron chi connectivity index (χ2n) is 5.63. The molecular formula is C16H24N2O2. The third-order valence-electron chi connectivity index (χ3n) is 4.06. The van der Waals surface area contributed by atoms with E-state index in [9.17, 15) is 4.79 Å². The Morgan fingerprint density at radius 3 is 2.80 bits per heavy atom. The zero-order valence-electron chi connectivity index (χ0n) is 12.1. The molecule has 110 valence electrons.